The van der Waals surface area contributed by atoms with Gasteiger partial charge in [0.1, 0.15) is 17.2 Å². The van der Waals surface area contributed by atoms with Gasteiger partial charge in [-0.25, -0.2) is 0 Å². The lowest BCUT2D eigenvalue weighted by molar-refractivity contribution is 0.102. The number of aromatic nitrogens is 1. The standard InChI is InChI=1S/C18H18N2O3/c1-3-23-14-6-4-13(5-7-14)19-18(21)17-11-12-10-15(22-2)8-9-16(12)20-17/h4-11,20H,3H2,1-2H3,(H,19,21). The summed E-state index contributed by atoms with van der Waals surface area (Å²) in [7, 11) is 1.62. The Morgan fingerprint density at radius 2 is 1.83 bits per heavy atom. The third-order valence-corrected chi connectivity index (χ3v) is 3.50. The molecule has 0 radical (unpaired) electrons. The lowest BCUT2D eigenvalue weighted by Crippen LogP contribution is -2.12. The minimum absolute atomic E-state index is 0.190. The van der Waals surface area contributed by atoms with Crippen LogP contribution in [0.15, 0.2) is 48.5 Å². The number of nitrogens with one attached hydrogen (secondary N) is 2. The maximum Gasteiger partial charge on any atom is 0.272 e. The zero-order valence-corrected chi connectivity index (χ0v) is 13.1. The number of benzene rings is 2. The summed E-state index contributed by atoms with van der Waals surface area (Å²) in [5.41, 5.74) is 2.11. The van der Waals surface area contributed by atoms with Crippen LogP contribution >= 0.6 is 0 Å². The van der Waals surface area contributed by atoms with Crippen molar-refractivity contribution in [1.82, 2.24) is 4.98 Å². The minimum atomic E-state index is -0.190. The van der Waals surface area contributed by atoms with Gasteiger partial charge in [0.05, 0.1) is 13.7 Å². The largest absolute Gasteiger partial charge is 0.497 e. The van der Waals surface area contributed by atoms with Crippen LogP contribution in [-0.2, 0) is 0 Å². The number of rotatable bonds is 5. The smallest absolute Gasteiger partial charge is 0.272 e. The Kier molecular flexibility index (Phi) is 4.19. The molecule has 5 nitrogen and oxygen atoms in total. The van der Waals surface area contributed by atoms with Crippen molar-refractivity contribution < 1.29 is 14.3 Å². The minimum Gasteiger partial charge on any atom is -0.497 e. The number of fused-ring (bicyclic) bond motifs is 1. The monoisotopic (exact) mass is 310 g/mol. The third kappa shape index (κ3) is 3.29. The Bertz CT molecular complexity index is 822. The number of hydrogen-bond donors (Lipinski definition) is 2. The lowest BCUT2D eigenvalue weighted by Gasteiger charge is -2.06. The summed E-state index contributed by atoms with van der Waals surface area (Å²) in [5, 5.41) is 3.79. The molecule has 0 aliphatic rings. The molecule has 0 saturated carbocycles. The van der Waals surface area contributed by atoms with Crippen molar-refractivity contribution >= 4 is 22.5 Å². The van der Waals surface area contributed by atoms with E-state index in [0.717, 1.165) is 28.1 Å². The van der Waals surface area contributed by atoms with E-state index in [9.17, 15) is 4.79 Å². The van der Waals surface area contributed by atoms with Crippen LogP contribution < -0.4 is 14.8 Å². The van der Waals surface area contributed by atoms with Gasteiger partial charge in [-0.05, 0) is 55.5 Å². The van der Waals surface area contributed by atoms with Crippen LogP contribution in [-0.4, -0.2) is 24.6 Å². The molecular formula is C18H18N2O3. The number of anilines is 1. The molecule has 0 aliphatic heterocycles. The Balaban J connectivity index is 1.77. The van der Waals surface area contributed by atoms with Gasteiger partial charge in [0.2, 0.25) is 0 Å². The van der Waals surface area contributed by atoms with Crippen LogP contribution in [0.1, 0.15) is 17.4 Å². The van der Waals surface area contributed by atoms with Crippen LogP contribution in [0.2, 0.25) is 0 Å². The number of hydrogen-bond acceptors (Lipinski definition) is 3. The molecule has 5 heteroatoms. The normalized spacial score (nSPS) is 10.5. The van der Waals surface area contributed by atoms with E-state index in [1.807, 2.05) is 55.5 Å². The van der Waals surface area contributed by atoms with Crippen LogP contribution in [0, 0.1) is 0 Å². The number of methoxy groups -OCH3 is 1. The van der Waals surface area contributed by atoms with E-state index in [4.69, 9.17) is 9.47 Å². The SMILES string of the molecule is CCOc1ccc(NC(=O)c2cc3cc(OC)ccc3[nH]2)cc1. The highest BCUT2D eigenvalue weighted by atomic mass is 16.5. The van der Waals surface area contributed by atoms with Crippen molar-refractivity contribution in [2.45, 2.75) is 6.92 Å². The summed E-state index contributed by atoms with van der Waals surface area (Å²) in [6, 6.07) is 14.7. The highest BCUT2D eigenvalue weighted by Gasteiger charge is 2.10. The maximum atomic E-state index is 12.3. The zero-order chi connectivity index (χ0) is 16.2. The topological polar surface area (TPSA) is 63.4 Å². The Morgan fingerprint density at radius 1 is 1.09 bits per heavy atom. The number of ether oxygens (including phenoxy) is 2. The summed E-state index contributed by atoms with van der Waals surface area (Å²) in [4.78, 5) is 15.5. The van der Waals surface area contributed by atoms with E-state index in [1.165, 1.54) is 0 Å². The molecule has 0 bridgehead atoms. The van der Waals surface area contributed by atoms with E-state index in [-0.39, 0.29) is 5.91 Å². The molecule has 0 fully saturated rings. The predicted octanol–water partition coefficient (Wildman–Crippen LogP) is 3.83. The molecule has 0 atom stereocenters. The van der Waals surface area contributed by atoms with Crippen molar-refractivity contribution in [1.29, 1.82) is 0 Å². The summed E-state index contributed by atoms with van der Waals surface area (Å²) in [5.74, 6) is 1.35. The Labute approximate surface area is 134 Å². The number of carbonyl (C=O) groups excluding carboxylic acids is 1. The van der Waals surface area contributed by atoms with E-state index in [2.05, 4.69) is 10.3 Å². The zero-order valence-electron chi connectivity index (χ0n) is 13.1. The van der Waals surface area contributed by atoms with Crippen LogP contribution in [0.4, 0.5) is 5.69 Å². The van der Waals surface area contributed by atoms with Crippen molar-refractivity contribution in [3.05, 3.63) is 54.2 Å². The van der Waals surface area contributed by atoms with E-state index in [1.54, 1.807) is 7.11 Å². The molecule has 0 saturated heterocycles. The molecule has 1 amide bonds. The molecule has 3 rings (SSSR count). The molecule has 0 aliphatic carbocycles. The van der Waals surface area contributed by atoms with Gasteiger partial charge in [-0.3, -0.25) is 4.79 Å². The van der Waals surface area contributed by atoms with Gasteiger partial charge in [0.15, 0.2) is 0 Å². The maximum absolute atomic E-state index is 12.3. The Morgan fingerprint density at radius 3 is 2.52 bits per heavy atom. The summed E-state index contributed by atoms with van der Waals surface area (Å²) in [6.45, 7) is 2.55. The van der Waals surface area contributed by atoms with Gasteiger partial charge in [-0.2, -0.15) is 0 Å². The van der Waals surface area contributed by atoms with E-state index in [0.29, 0.717) is 12.3 Å². The van der Waals surface area contributed by atoms with E-state index < -0.39 is 0 Å². The first kappa shape index (κ1) is 15.0. The van der Waals surface area contributed by atoms with Crippen LogP contribution in [0.3, 0.4) is 0 Å². The molecular weight excluding hydrogens is 292 g/mol. The fourth-order valence-corrected chi connectivity index (χ4v) is 2.36. The number of H-pyrrole nitrogens is 1. The molecule has 2 N–H and O–H groups in total. The van der Waals surface area contributed by atoms with Gasteiger partial charge in [0, 0.05) is 16.6 Å². The first-order chi connectivity index (χ1) is 11.2. The highest BCUT2D eigenvalue weighted by molar-refractivity contribution is 6.06. The van der Waals surface area contributed by atoms with Gasteiger partial charge in [-0.1, -0.05) is 0 Å². The average Bonchev–Trinajstić information content (AvgIpc) is 3.00. The van der Waals surface area contributed by atoms with Crippen molar-refractivity contribution in [2.24, 2.45) is 0 Å². The van der Waals surface area contributed by atoms with Gasteiger partial charge >= 0.3 is 0 Å². The number of carbonyl (C=O) groups is 1. The second-order valence-electron chi connectivity index (χ2n) is 5.05. The second kappa shape index (κ2) is 6.44. The third-order valence-electron chi connectivity index (χ3n) is 3.50. The molecule has 1 aromatic heterocycles. The fourth-order valence-electron chi connectivity index (χ4n) is 2.36. The number of amides is 1. The Hall–Kier alpha value is -2.95. The highest BCUT2D eigenvalue weighted by Crippen LogP contribution is 2.22. The molecule has 2 aromatic carbocycles. The predicted molar refractivity (Wildman–Crippen MR) is 90.4 cm³/mol. The quantitative estimate of drug-likeness (QED) is 0.753. The van der Waals surface area contributed by atoms with Gasteiger partial charge in [0.25, 0.3) is 5.91 Å². The van der Waals surface area contributed by atoms with Gasteiger partial charge in [-0.15, -0.1) is 0 Å². The molecule has 118 valence electrons. The summed E-state index contributed by atoms with van der Waals surface area (Å²) >= 11 is 0. The van der Waals surface area contributed by atoms with Gasteiger partial charge < -0.3 is 19.8 Å². The lowest BCUT2D eigenvalue weighted by atomic mass is 10.2. The van der Waals surface area contributed by atoms with Crippen molar-refractivity contribution in [3.63, 3.8) is 0 Å². The second-order valence-corrected chi connectivity index (χ2v) is 5.05. The number of aromatic amines is 1. The molecule has 1 heterocycles. The summed E-state index contributed by atoms with van der Waals surface area (Å²) in [6.07, 6.45) is 0. The first-order valence-electron chi connectivity index (χ1n) is 7.40. The molecule has 0 unspecified atom stereocenters. The molecule has 23 heavy (non-hydrogen) atoms. The summed E-state index contributed by atoms with van der Waals surface area (Å²) < 4.78 is 10.6. The van der Waals surface area contributed by atoms with E-state index >= 15 is 0 Å². The fraction of sp³-hybridized carbons (Fsp3) is 0.167. The molecule has 3 aromatic rings. The van der Waals surface area contributed by atoms with Crippen LogP contribution in [0.25, 0.3) is 10.9 Å². The molecule has 0 spiro atoms. The van der Waals surface area contributed by atoms with Crippen LogP contribution in [0.5, 0.6) is 11.5 Å². The van der Waals surface area contributed by atoms with Crippen molar-refractivity contribution in [3.8, 4) is 11.5 Å². The first-order valence-corrected chi connectivity index (χ1v) is 7.40. The average molecular weight is 310 g/mol. The van der Waals surface area contributed by atoms with Crippen molar-refractivity contribution in [2.75, 3.05) is 19.0 Å².